The number of fused-ring (bicyclic) bond motifs is 1. The van der Waals surface area contributed by atoms with E-state index in [1.54, 1.807) is 0 Å². The van der Waals surface area contributed by atoms with Crippen LogP contribution in [-0.4, -0.2) is 45.6 Å². The van der Waals surface area contributed by atoms with Gasteiger partial charge in [-0.15, -0.1) is 0 Å². The number of carbonyl (C=O) groups is 1. The molecule has 2 atom stereocenters. The zero-order chi connectivity index (χ0) is 19.2. The first-order chi connectivity index (χ1) is 13.1. The minimum absolute atomic E-state index is 0.347. The highest BCUT2D eigenvalue weighted by molar-refractivity contribution is 5.84. The van der Waals surface area contributed by atoms with Gasteiger partial charge in [0, 0.05) is 42.0 Å². The monoisotopic (exact) mass is 366 g/mol. The van der Waals surface area contributed by atoms with Gasteiger partial charge in [0.15, 0.2) is 0 Å². The van der Waals surface area contributed by atoms with Crippen LogP contribution in [-0.2, 0) is 11.2 Å². The molecule has 0 bridgehead atoms. The molecule has 0 spiro atoms. The molecular formula is C21H26N4O2. The highest BCUT2D eigenvalue weighted by atomic mass is 16.4. The fraction of sp³-hybridized carbons (Fsp3) is 0.333. The van der Waals surface area contributed by atoms with Gasteiger partial charge in [0.25, 0.3) is 0 Å². The fourth-order valence-corrected chi connectivity index (χ4v) is 3.53. The first-order valence-corrected chi connectivity index (χ1v) is 9.20. The van der Waals surface area contributed by atoms with Crippen molar-refractivity contribution in [1.82, 2.24) is 14.9 Å². The van der Waals surface area contributed by atoms with Gasteiger partial charge in [0.1, 0.15) is 6.04 Å². The van der Waals surface area contributed by atoms with E-state index in [1.165, 1.54) is 24.9 Å². The summed E-state index contributed by atoms with van der Waals surface area (Å²) in [5.74, 6) is -0.972. The molecule has 3 heterocycles. The van der Waals surface area contributed by atoms with Crippen LogP contribution in [0.1, 0.15) is 30.0 Å². The molecule has 2 aromatic heterocycles. The Kier molecular flexibility index (Phi) is 6.21. The molecule has 1 fully saturated rings. The number of nitrogens with zero attached hydrogens (tertiary/aromatic N) is 2. The zero-order valence-corrected chi connectivity index (χ0v) is 15.5. The number of carboxylic acid groups (broad SMARTS) is 1. The van der Waals surface area contributed by atoms with Gasteiger partial charge in [-0.05, 0) is 49.7 Å². The number of likely N-dealkylation sites (tertiary alicyclic amines) is 1. The van der Waals surface area contributed by atoms with E-state index < -0.39 is 12.0 Å². The zero-order valence-electron chi connectivity index (χ0n) is 15.5. The molecule has 6 heteroatoms. The van der Waals surface area contributed by atoms with Gasteiger partial charge in [0.2, 0.25) is 0 Å². The third-order valence-electron chi connectivity index (χ3n) is 5.02. The summed E-state index contributed by atoms with van der Waals surface area (Å²) in [5.41, 5.74) is 8.79. The van der Waals surface area contributed by atoms with Gasteiger partial charge in [-0.25, -0.2) is 0 Å². The molecule has 1 aliphatic rings. The molecule has 6 nitrogen and oxygen atoms in total. The maximum atomic E-state index is 10.6. The van der Waals surface area contributed by atoms with Crippen LogP contribution in [0.25, 0.3) is 10.9 Å². The normalized spacial score (nSPS) is 18.1. The van der Waals surface area contributed by atoms with Crippen molar-refractivity contribution >= 4 is 16.9 Å². The van der Waals surface area contributed by atoms with Crippen molar-refractivity contribution in [3.8, 4) is 0 Å². The Labute approximate surface area is 159 Å². The Hall–Kier alpha value is -2.70. The standard InChI is InChI=1S/C11H12N2O2.C10H14N2/c12-9(11(14)15)5-7-6-13-10-4-2-1-3-8(7)10;1-12-7-3-5-10(12)9-4-2-6-11-8-9/h1-4,6,9,13H,5,12H2,(H,14,15);2,4,6,8,10H,3,5,7H2,1H3. The second-order valence-corrected chi connectivity index (χ2v) is 6.93. The van der Waals surface area contributed by atoms with Crippen LogP contribution in [0.15, 0.2) is 55.0 Å². The van der Waals surface area contributed by atoms with Gasteiger partial charge in [-0.3, -0.25) is 14.7 Å². The Balaban J connectivity index is 0.000000159. The number of nitrogens with two attached hydrogens (primary N) is 1. The summed E-state index contributed by atoms with van der Waals surface area (Å²) in [6.45, 7) is 1.22. The topological polar surface area (TPSA) is 95.2 Å². The van der Waals surface area contributed by atoms with Gasteiger partial charge in [0.05, 0.1) is 0 Å². The highest BCUT2D eigenvalue weighted by Gasteiger charge is 2.22. The van der Waals surface area contributed by atoms with Crippen molar-refractivity contribution in [2.45, 2.75) is 31.3 Å². The van der Waals surface area contributed by atoms with E-state index in [-0.39, 0.29) is 0 Å². The Morgan fingerprint density at radius 2 is 2.19 bits per heavy atom. The van der Waals surface area contributed by atoms with E-state index in [1.807, 2.05) is 48.9 Å². The van der Waals surface area contributed by atoms with Crippen molar-refractivity contribution in [2.75, 3.05) is 13.6 Å². The number of aromatic amines is 1. The number of benzene rings is 1. The van der Waals surface area contributed by atoms with Crippen LogP contribution in [0.3, 0.4) is 0 Å². The van der Waals surface area contributed by atoms with E-state index in [0.29, 0.717) is 12.5 Å². The Bertz CT molecular complexity index is 878. The van der Waals surface area contributed by atoms with Crippen LogP contribution >= 0.6 is 0 Å². The molecule has 27 heavy (non-hydrogen) atoms. The number of rotatable bonds is 4. The minimum atomic E-state index is -0.972. The van der Waals surface area contributed by atoms with Gasteiger partial charge in [-0.2, -0.15) is 0 Å². The summed E-state index contributed by atoms with van der Waals surface area (Å²) in [7, 11) is 2.19. The molecule has 2 unspecified atom stereocenters. The van der Waals surface area contributed by atoms with Crippen LogP contribution < -0.4 is 5.73 Å². The summed E-state index contributed by atoms with van der Waals surface area (Å²) in [6.07, 6.45) is 8.57. The SMILES string of the molecule is CN1CCCC1c1cccnc1.NC(Cc1c[nH]c2ccccc12)C(=O)O. The number of aliphatic carboxylic acids is 1. The number of H-pyrrole nitrogens is 1. The maximum Gasteiger partial charge on any atom is 0.320 e. The van der Waals surface area contributed by atoms with Crippen molar-refractivity contribution in [3.05, 3.63) is 66.1 Å². The smallest absolute Gasteiger partial charge is 0.320 e. The van der Waals surface area contributed by atoms with E-state index >= 15 is 0 Å². The number of hydrogen-bond donors (Lipinski definition) is 3. The number of pyridine rings is 1. The lowest BCUT2D eigenvalue weighted by atomic mass is 10.1. The van der Waals surface area contributed by atoms with Crippen molar-refractivity contribution in [3.63, 3.8) is 0 Å². The van der Waals surface area contributed by atoms with Crippen LogP contribution in [0, 0.1) is 0 Å². The van der Waals surface area contributed by atoms with Crippen molar-refractivity contribution in [2.24, 2.45) is 5.73 Å². The molecule has 1 saturated heterocycles. The molecular weight excluding hydrogens is 340 g/mol. The largest absolute Gasteiger partial charge is 0.480 e. The molecule has 0 aliphatic carbocycles. The van der Waals surface area contributed by atoms with E-state index in [0.717, 1.165) is 16.5 Å². The van der Waals surface area contributed by atoms with Gasteiger partial charge in [-0.1, -0.05) is 24.3 Å². The molecule has 4 rings (SSSR count). The predicted molar refractivity (Wildman–Crippen MR) is 106 cm³/mol. The van der Waals surface area contributed by atoms with Gasteiger partial charge >= 0.3 is 5.97 Å². The molecule has 3 aromatic rings. The molecule has 0 radical (unpaired) electrons. The molecule has 1 aliphatic heterocycles. The average molecular weight is 366 g/mol. The first-order valence-electron chi connectivity index (χ1n) is 9.20. The number of carboxylic acids is 1. The lowest BCUT2D eigenvalue weighted by Gasteiger charge is -2.18. The summed E-state index contributed by atoms with van der Waals surface area (Å²) < 4.78 is 0. The molecule has 0 amide bonds. The molecule has 142 valence electrons. The van der Waals surface area contributed by atoms with Crippen molar-refractivity contribution < 1.29 is 9.90 Å². The number of aromatic nitrogens is 2. The van der Waals surface area contributed by atoms with E-state index in [4.69, 9.17) is 10.8 Å². The molecule has 4 N–H and O–H groups in total. The van der Waals surface area contributed by atoms with E-state index in [9.17, 15) is 4.79 Å². The molecule has 0 saturated carbocycles. The lowest BCUT2D eigenvalue weighted by molar-refractivity contribution is -0.138. The molecule has 1 aromatic carbocycles. The number of nitrogens with one attached hydrogen (secondary N) is 1. The summed E-state index contributed by atoms with van der Waals surface area (Å²) in [6, 6.07) is 11.7. The third-order valence-corrected chi connectivity index (χ3v) is 5.02. The Morgan fingerprint density at radius 1 is 1.37 bits per heavy atom. The van der Waals surface area contributed by atoms with Crippen molar-refractivity contribution in [1.29, 1.82) is 0 Å². The number of para-hydroxylation sites is 1. The number of hydrogen-bond acceptors (Lipinski definition) is 4. The highest BCUT2D eigenvalue weighted by Crippen LogP contribution is 2.29. The summed E-state index contributed by atoms with van der Waals surface area (Å²) in [5, 5.41) is 9.75. The van der Waals surface area contributed by atoms with Crippen LogP contribution in [0.5, 0.6) is 0 Å². The van der Waals surface area contributed by atoms with E-state index in [2.05, 4.69) is 28.0 Å². The third kappa shape index (κ3) is 4.72. The second-order valence-electron chi connectivity index (χ2n) is 6.93. The first kappa shape index (κ1) is 19.1. The quantitative estimate of drug-likeness (QED) is 0.660. The lowest BCUT2D eigenvalue weighted by Crippen LogP contribution is -2.32. The van der Waals surface area contributed by atoms with Crippen LogP contribution in [0.4, 0.5) is 0 Å². The van der Waals surface area contributed by atoms with Crippen LogP contribution in [0.2, 0.25) is 0 Å². The average Bonchev–Trinajstić information content (AvgIpc) is 3.29. The fourth-order valence-electron chi connectivity index (χ4n) is 3.53. The van der Waals surface area contributed by atoms with Gasteiger partial charge < -0.3 is 15.8 Å². The summed E-state index contributed by atoms with van der Waals surface area (Å²) >= 11 is 0. The summed E-state index contributed by atoms with van der Waals surface area (Å²) in [4.78, 5) is 20.2. The Morgan fingerprint density at radius 3 is 2.85 bits per heavy atom. The predicted octanol–water partition coefficient (Wildman–Crippen LogP) is 2.97. The second kappa shape index (κ2) is 8.79. The minimum Gasteiger partial charge on any atom is -0.480 e. The maximum absolute atomic E-state index is 10.6.